The fraction of sp³-hybridized carbons (Fsp3) is 0.400. The Hall–Kier alpha value is -1.48. The second-order valence-electron chi connectivity index (χ2n) is 5.04. The van der Waals surface area contributed by atoms with Crippen molar-refractivity contribution in [1.29, 1.82) is 0 Å². The summed E-state index contributed by atoms with van der Waals surface area (Å²) in [5, 5.41) is 1.01. The van der Waals surface area contributed by atoms with E-state index in [0.717, 1.165) is 16.7 Å². The van der Waals surface area contributed by atoms with Crippen LogP contribution in [0.2, 0.25) is 0 Å². The number of ether oxygens (including phenoxy) is 1. The highest BCUT2D eigenvalue weighted by molar-refractivity contribution is 6.17. The van der Waals surface area contributed by atoms with E-state index in [1.54, 1.807) is 11.7 Å². The first-order valence-corrected chi connectivity index (χ1v) is 6.86. The predicted octanol–water partition coefficient (Wildman–Crippen LogP) is 3.40. The summed E-state index contributed by atoms with van der Waals surface area (Å²) in [5.41, 5.74) is 1.52. The number of rotatable bonds is 4. The van der Waals surface area contributed by atoms with Gasteiger partial charge < -0.3 is 9.30 Å². The third-order valence-electron chi connectivity index (χ3n) is 3.07. The van der Waals surface area contributed by atoms with Crippen molar-refractivity contribution in [2.24, 2.45) is 5.92 Å². The van der Waals surface area contributed by atoms with E-state index in [9.17, 15) is 4.79 Å². The smallest absolute Gasteiger partial charge is 0.255 e. The van der Waals surface area contributed by atoms with Crippen LogP contribution in [0.1, 0.15) is 19.4 Å². The maximum Gasteiger partial charge on any atom is 0.255 e. The Bertz CT molecular complexity index is 646. The largest absolute Gasteiger partial charge is 0.497 e. The number of benzene rings is 1. The van der Waals surface area contributed by atoms with Gasteiger partial charge in [-0.25, -0.2) is 0 Å². The standard InChI is InChI=1S/C15H18ClNO2/c1-10(2)9-17-14-7-13(19-3)5-4-11(14)6-12(8-16)15(17)18/h4-7,10H,8-9H2,1-3H3. The summed E-state index contributed by atoms with van der Waals surface area (Å²) in [5.74, 6) is 1.37. The molecule has 0 fully saturated rings. The van der Waals surface area contributed by atoms with Crippen molar-refractivity contribution in [1.82, 2.24) is 4.57 Å². The van der Waals surface area contributed by atoms with E-state index >= 15 is 0 Å². The molecule has 0 bridgehead atoms. The average molecular weight is 280 g/mol. The van der Waals surface area contributed by atoms with E-state index in [-0.39, 0.29) is 11.4 Å². The molecular weight excluding hydrogens is 262 g/mol. The lowest BCUT2D eigenvalue weighted by Gasteiger charge is -2.15. The summed E-state index contributed by atoms with van der Waals surface area (Å²) in [4.78, 5) is 12.4. The topological polar surface area (TPSA) is 31.2 Å². The van der Waals surface area contributed by atoms with Crippen molar-refractivity contribution in [2.75, 3.05) is 7.11 Å². The van der Waals surface area contributed by atoms with Crippen LogP contribution < -0.4 is 10.3 Å². The van der Waals surface area contributed by atoms with Crippen molar-refractivity contribution in [3.8, 4) is 5.75 Å². The highest BCUT2D eigenvalue weighted by Gasteiger charge is 2.10. The number of hydrogen-bond acceptors (Lipinski definition) is 2. The summed E-state index contributed by atoms with van der Waals surface area (Å²) < 4.78 is 7.03. The number of hydrogen-bond donors (Lipinski definition) is 0. The van der Waals surface area contributed by atoms with E-state index in [1.807, 2.05) is 24.3 Å². The number of pyridine rings is 1. The van der Waals surface area contributed by atoms with Gasteiger partial charge in [0, 0.05) is 18.2 Å². The van der Waals surface area contributed by atoms with Crippen molar-refractivity contribution in [3.05, 3.63) is 40.2 Å². The number of aromatic nitrogens is 1. The van der Waals surface area contributed by atoms with Crippen LogP contribution in [0.4, 0.5) is 0 Å². The molecule has 0 spiro atoms. The fourth-order valence-corrected chi connectivity index (χ4v) is 2.37. The molecule has 19 heavy (non-hydrogen) atoms. The number of alkyl halides is 1. The van der Waals surface area contributed by atoms with Crippen molar-refractivity contribution in [2.45, 2.75) is 26.3 Å². The van der Waals surface area contributed by atoms with Crippen LogP contribution in [0.3, 0.4) is 0 Å². The normalized spacial score (nSPS) is 11.2. The first-order chi connectivity index (χ1) is 9.06. The Labute approximate surface area is 117 Å². The molecular formula is C15H18ClNO2. The molecule has 0 amide bonds. The fourth-order valence-electron chi connectivity index (χ4n) is 2.18. The summed E-state index contributed by atoms with van der Waals surface area (Å²) in [7, 11) is 1.62. The van der Waals surface area contributed by atoms with E-state index in [4.69, 9.17) is 16.3 Å². The third-order valence-corrected chi connectivity index (χ3v) is 3.36. The number of methoxy groups -OCH3 is 1. The van der Waals surface area contributed by atoms with E-state index < -0.39 is 0 Å². The summed E-state index contributed by atoms with van der Waals surface area (Å²) in [6.07, 6.45) is 0. The average Bonchev–Trinajstić information content (AvgIpc) is 2.40. The Morgan fingerprint density at radius 2 is 2.05 bits per heavy atom. The van der Waals surface area contributed by atoms with Crippen molar-refractivity contribution < 1.29 is 4.74 Å². The van der Waals surface area contributed by atoms with E-state index in [1.165, 1.54) is 0 Å². The lowest BCUT2D eigenvalue weighted by atomic mass is 10.1. The van der Waals surface area contributed by atoms with Crippen LogP contribution in [0, 0.1) is 5.92 Å². The minimum atomic E-state index is -0.00977. The van der Waals surface area contributed by atoms with Crippen LogP contribution in [0.15, 0.2) is 29.1 Å². The van der Waals surface area contributed by atoms with Crippen LogP contribution >= 0.6 is 11.6 Å². The molecule has 0 aliphatic heterocycles. The zero-order chi connectivity index (χ0) is 14.0. The molecule has 0 aliphatic rings. The van der Waals surface area contributed by atoms with Crippen LogP contribution in [-0.2, 0) is 12.4 Å². The van der Waals surface area contributed by atoms with Gasteiger partial charge in [0.1, 0.15) is 5.75 Å². The van der Waals surface area contributed by atoms with Crippen molar-refractivity contribution in [3.63, 3.8) is 0 Å². The molecule has 0 unspecified atom stereocenters. The number of fused-ring (bicyclic) bond motifs is 1. The molecule has 102 valence electrons. The third kappa shape index (κ3) is 2.76. The van der Waals surface area contributed by atoms with Gasteiger partial charge in [0.25, 0.3) is 5.56 Å². The van der Waals surface area contributed by atoms with Gasteiger partial charge in [0.15, 0.2) is 0 Å². The minimum Gasteiger partial charge on any atom is -0.497 e. The quantitative estimate of drug-likeness (QED) is 0.803. The monoisotopic (exact) mass is 279 g/mol. The van der Waals surface area contributed by atoms with Gasteiger partial charge >= 0.3 is 0 Å². The molecule has 2 rings (SSSR count). The molecule has 1 aromatic carbocycles. The molecule has 0 aliphatic carbocycles. The van der Waals surface area contributed by atoms with E-state index in [2.05, 4.69) is 13.8 Å². The highest BCUT2D eigenvalue weighted by atomic mass is 35.5. The molecule has 0 saturated carbocycles. The van der Waals surface area contributed by atoms with Crippen LogP contribution in [-0.4, -0.2) is 11.7 Å². The van der Waals surface area contributed by atoms with Gasteiger partial charge in [-0.1, -0.05) is 13.8 Å². The first-order valence-electron chi connectivity index (χ1n) is 6.33. The molecule has 1 aromatic heterocycles. The van der Waals surface area contributed by atoms with Crippen LogP contribution in [0.5, 0.6) is 5.75 Å². The molecule has 0 N–H and O–H groups in total. The second kappa shape index (κ2) is 5.66. The second-order valence-corrected chi connectivity index (χ2v) is 5.30. The number of halogens is 1. The van der Waals surface area contributed by atoms with Crippen molar-refractivity contribution >= 4 is 22.5 Å². The molecule has 3 nitrogen and oxygen atoms in total. The zero-order valence-corrected chi connectivity index (χ0v) is 12.2. The molecule has 1 heterocycles. The Morgan fingerprint density at radius 1 is 1.32 bits per heavy atom. The van der Waals surface area contributed by atoms with Crippen LogP contribution in [0.25, 0.3) is 10.9 Å². The predicted molar refractivity (Wildman–Crippen MR) is 79.2 cm³/mol. The maximum absolute atomic E-state index is 12.4. The summed E-state index contributed by atoms with van der Waals surface area (Å²) in [6, 6.07) is 7.61. The molecule has 0 atom stereocenters. The SMILES string of the molecule is COc1ccc2cc(CCl)c(=O)n(CC(C)C)c2c1. The van der Waals surface area contributed by atoms with E-state index in [0.29, 0.717) is 18.0 Å². The van der Waals surface area contributed by atoms with Gasteiger partial charge in [0.05, 0.1) is 18.5 Å². The number of nitrogens with zero attached hydrogens (tertiary/aromatic N) is 1. The summed E-state index contributed by atoms with van der Waals surface area (Å²) >= 11 is 5.86. The highest BCUT2D eigenvalue weighted by Crippen LogP contribution is 2.21. The lowest BCUT2D eigenvalue weighted by molar-refractivity contribution is 0.415. The molecule has 4 heteroatoms. The Kier molecular flexibility index (Phi) is 4.15. The van der Waals surface area contributed by atoms with Gasteiger partial charge in [-0.3, -0.25) is 4.79 Å². The molecule has 0 radical (unpaired) electrons. The molecule has 2 aromatic rings. The lowest BCUT2D eigenvalue weighted by Crippen LogP contribution is -2.25. The van der Waals surface area contributed by atoms with Gasteiger partial charge in [0.2, 0.25) is 0 Å². The maximum atomic E-state index is 12.4. The first kappa shape index (κ1) is 13.9. The molecule has 0 saturated heterocycles. The Balaban J connectivity index is 2.76. The van der Waals surface area contributed by atoms with Gasteiger partial charge in [-0.05, 0) is 29.5 Å². The van der Waals surface area contributed by atoms with Gasteiger partial charge in [-0.2, -0.15) is 0 Å². The summed E-state index contributed by atoms with van der Waals surface area (Å²) in [6.45, 7) is 4.85. The van der Waals surface area contributed by atoms with Gasteiger partial charge in [-0.15, -0.1) is 11.6 Å². The Morgan fingerprint density at radius 3 is 2.63 bits per heavy atom. The minimum absolute atomic E-state index is 0.00977. The zero-order valence-electron chi connectivity index (χ0n) is 11.4.